The molecule has 2 fully saturated rings. The fraction of sp³-hybridized carbons (Fsp3) is 0.900. The molecule has 2 rings (SSSR count). The van der Waals surface area contributed by atoms with E-state index in [1.807, 2.05) is 16.7 Å². The van der Waals surface area contributed by atoms with Gasteiger partial charge in [0, 0.05) is 43.6 Å². The normalized spacial score (nSPS) is 26.1. The molecular weight excluding hydrogens is 232 g/mol. The Morgan fingerprint density at radius 3 is 2.73 bits per heavy atom. The minimum atomic E-state index is 0. The third-order valence-electron chi connectivity index (χ3n) is 2.88. The molecule has 1 unspecified atom stereocenters. The van der Waals surface area contributed by atoms with Gasteiger partial charge in [0.25, 0.3) is 0 Å². The summed E-state index contributed by atoms with van der Waals surface area (Å²) in [6, 6.07) is 0.418. The van der Waals surface area contributed by atoms with Crippen LogP contribution in [0.5, 0.6) is 0 Å². The van der Waals surface area contributed by atoms with Gasteiger partial charge in [-0.3, -0.25) is 4.79 Å². The Morgan fingerprint density at radius 1 is 1.40 bits per heavy atom. The van der Waals surface area contributed by atoms with Crippen LogP contribution in [0.1, 0.15) is 19.3 Å². The maximum atomic E-state index is 11.8. The zero-order valence-electron chi connectivity index (χ0n) is 8.91. The van der Waals surface area contributed by atoms with E-state index >= 15 is 0 Å². The van der Waals surface area contributed by atoms with E-state index in [1.54, 1.807) is 0 Å². The molecule has 0 aromatic rings. The standard InChI is InChI=1S/C10H18N2OS.ClH/c13-10(12-4-1-2-5-12)7-9-8-14-6-3-11-9;/h9,11H,1-8H2;1H. The summed E-state index contributed by atoms with van der Waals surface area (Å²) < 4.78 is 0. The van der Waals surface area contributed by atoms with Crippen LogP contribution in [0.25, 0.3) is 0 Å². The lowest BCUT2D eigenvalue weighted by Gasteiger charge is -2.24. The number of nitrogens with one attached hydrogen (secondary N) is 1. The minimum absolute atomic E-state index is 0. The molecule has 0 aromatic heterocycles. The molecule has 2 aliphatic heterocycles. The van der Waals surface area contributed by atoms with Crippen LogP contribution in [0.4, 0.5) is 0 Å². The van der Waals surface area contributed by atoms with Crippen LogP contribution in [0.15, 0.2) is 0 Å². The van der Waals surface area contributed by atoms with Crippen molar-refractivity contribution in [3.05, 3.63) is 0 Å². The molecule has 15 heavy (non-hydrogen) atoms. The number of rotatable bonds is 2. The SMILES string of the molecule is Cl.O=C(CC1CSCCN1)N1CCCC1. The van der Waals surface area contributed by atoms with Crippen molar-refractivity contribution < 1.29 is 4.79 Å². The lowest BCUT2D eigenvalue weighted by molar-refractivity contribution is -0.130. The molecule has 0 aromatic carbocycles. The van der Waals surface area contributed by atoms with Crippen LogP contribution in [0.2, 0.25) is 0 Å². The van der Waals surface area contributed by atoms with Crippen LogP contribution in [0.3, 0.4) is 0 Å². The predicted molar refractivity (Wildman–Crippen MR) is 66.8 cm³/mol. The van der Waals surface area contributed by atoms with Crippen molar-refractivity contribution in [2.24, 2.45) is 0 Å². The van der Waals surface area contributed by atoms with E-state index in [9.17, 15) is 4.79 Å². The van der Waals surface area contributed by atoms with Crippen LogP contribution in [0, 0.1) is 0 Å². The highest BCUT2D eigenvalue weighted by molar-refractivity contribution is 7.99. The van der Waals surface area contributed by atoms with Crippen molar-refractivity contribution in [2.45, 2.75) is 25.3 Å². The first-order valence-electron chi connectivity index (χ1n) is 5.45. The van der Waals surface area contributed by atoms with Crippen molar-refractivity contribution >= 4 is 30.1 Å². The molecule has 1 N–H and O–H groups in total. The molecule has 88 valence electrons. The van der Waals surface area contributed by atoms with Crippen molar-refractivity contribution in [3.8, 4) is 0 Å². The van der Waals surface area contributed by atoms with Gasteiger partial charge in [-0.05, 0) is 12.8 Å². The molecule has 0 saturated carbocycles. The van der Waals surface area contributed by atoms with Gasteiger partial charge in [-0.2, -0.15) is 11.8 Å². The summed E-state index contributed by atoms with van der Waals surface area (Å²) in [5, 5.41) is 3.41. The number of thioether (sulfide) groups is 1. The van der Waals surface area contributed by atoms with E-state index in [2.05, 4.69) is 5.32 Å². The summed E-state index contributed by atoms with van der Waals surface area (Å²) in [6.07, 6.45) is 3.09. The Kier molecular flexibility index (Phi) is 5.79. The molecule has 5 heteroatoms. The lowest BCUT2D eigenvalue weighted by Crippen LogP contribution is -2.42. The largest absolute Gasteiger partial charge is 0.343 e. The summed E-state index contributed by atoms with van der Waals surface area (Å²) in [4.78, 5) is 13.8. The third-order valence-corrected chi connectivity index (χ3v) is 4.01. The molecular formula is C10H19ClN2OS. The average Bonchev–Trinajstić information content (AvgIpc) is 2.72. The molecule has 2 saturated heterocycles. The van der Waals surface area contributed by atoms with E-state index in [1.165, 1.54) is 18.6 Å². The fourth-order valence-electron chi connectivity index (χ4n) is 2.06. The van der Waals surface area contributed by atoms with E-state index < -0.39 is 0 Å². The fourth-order valence-corrected chi connectivity index (χ4v) is 3.01. The van der Waals surface area contributed by atoms with E-state index in [0.29, 0.717) is 18.4 Å². The maximum absolute atomic E-state index is 11.8. The van der Waals surface area contributed by atoms with Gasteiger partial charge in [-0.25, -0.2) is 0 Å². The zero-order valence-corrected chi connectivity index (χ0v) is 10.5. The van der Waals surface area contributed by atoms with Crippen molar-refractivity contribution in [1.29, 1.82) is 0 Å². The van der Waals surface area contributed by atoms with Crippen LogP contribution < -0.4 is 5.32 Å². The van der Waals surface area contributed by atoms with Gasteiger partial charge < -0.3 is 10.2 Å². The summed E-state index contributed by atoms with van der Waals surface area (Å²) in [6.45, 7) is 3.03. The number of likely N-dealkylation sites (tertiary alicyclic amines) is 1. The number of amides is 1. The first-order chi connectivity index (χ1) is 6.86. The van der Waals surface area contributed by atoms with Gasteiger partial charge in [0.1, 0.15) is 0 Å². The minimum Gasteiger partial charge on any atom is -0.343 e. The lowest BCUT2D eigenvalue weighted by atomic mass is 10.2. The van der Waals surface area contributed by atoms with E-state index in [4.69, 9.17) is 0 Å². The van der Waals surface area contributed by atoms with Gasteiger partial charge in [0.05, 0.1) is 0 Å². The molecule has 0 bridgehead atoms. The van der Waals surface area contributed by atoms with E-state index in [0.717, 1.165) is 25.4 Å². The number of hydrogen-bond donors (Lipinski definition) is 1. The van der Waals surface area contributed by atoms with Gasteiger partial charge in [-0.15, -0.1) is 12.4 Å². The topological polar surface area (TPSA) is 32.3 Å². The zero-order chi connectivity index (χ0) is 9.80. The van der Waals surface area contributed by atoms with E-state index in [-0.39, 0.29) is 12.4 Å². The maximum Gasteiger partial charge on any atom is 0.224 e. The molecule has 0 radical (unpaired) electrons. The number of hydrogen-bond acceptors (Lipinski definition) is 3. The molecule has 0 spiro atoms. The predicted octanol–water partition coefficient (Wildman–Crippen LogP) is 1.13. The number of halogens is 1. The van der Waals surface area contributed by atoms with Gasteiger partial charge in [0.15, 0.2) is 0 Å². The molecule has 2 aliphatic rings. The number of nitrogens with zero attached hydrogens (tertiary/aromatic N) is 1. The summed E-state index contributed by atoms with van der Waals surface area (Å²) in [5.74, 6) is 2.64. The first kappa shape index (κ1) is 13.1. The highest BCUT2D eigenvalue weighted by Crippen LogP contribution is 2.14. The summed E-state index contributed by atoms with van der Waals surface area (Å²) in [7, 11) is 0. The van der Waals surface area contributed by atoms with Gasteiger partial charge in [-0.1, -0.05) is 0 Å². The summed E-state index contributed by atoms with van der Waals surface area (Å²) in [5.41, 5.74) is 0. The van der Waals surface area contributed by atoms with Crippen LogP contribution in [-0.2, 0) is 4.79 Å². The van der Waals surface area contributed by atoms with Gasteiger partial charge >= 0.3 is 0 Å². The highest BCUT2D eigenvalue weighted by atomic mass is 35.5. The van der Waals surface area contributed by atoms with Crippen molar-refractivity contribution in [1.82, 2.24) is 10.2 Å². The average molecular weight is 251 g/mol. The Hall–Kier alpha value is 0.0700. The quantitative estimate of drug-likeness (QED) is 0.798. The summed E-state index contributed by atoms with van der Waals surface area (Å²) >= 11 is 1.95. The Bertz CT molecular complexity index is 204. The molecule has 1 amide bonds. The molecule has 0 aliphatic carbocycles. The Labute approximate surface area is 102 Å². The van der Waals surface area contributed by atoms with Crippen LogP contribution >= 0.6 is 24.2 Å². The smallest absolute Gasteiger partial charge is 0.224 e. The molecule has 1 atom stereocenters. The first-order valence-corrected chi connectivity index (χ1v) is 6.60. The molecule has 3 nitrogen and oxygen atoms in total. The number of carbonyl (C=O) groups is 1. The number of carbonyl (C=O) groups excluding carboxylic acids is 1. The van der Waals surface area contributed by atoms with Crippen LogP contribution in [-0.4, -0.2) is 48.0 Å². The van der Waals surface area contributed by atoms with Crippen molar-refractivity contribution in [3.63, 3.8) is 0 Å². The second kappa shape index (κ2) is 6.61. The molecule has 2 heterocycles. The highest BCUT2D eigenvalue weighted by Gasteiger charge is 2.22. The third kappa shape index (κ3) is 3.85. The second-order valence-electron chi connectivity index (χ2n) is 4.02. The van der Waals surface area contributed by atoms with Gasteiger partial charge in [0.2, 0.25) is 5.91 Å². The van der Waals surface area contributed by atoms with Crippen molar-refractivity contribution in [2.75, 3.05) is 31.1 Å². The second-order valence-corrected chi connectivity index (χ2v) is 5.17. The Morgan fingerprint density at radius 2 is 2.13 bits per heavy atom. The Balaban J connectivity index is 0.00000112. The monoisotopic (exact) mass is 250 g/mol.